The third-order valence-electron chi connectivity index (χ3n) is 4.00. The van der Waals surface area contributed by atoms with Crippen LogP contribution in [0.1, 0.15) is 0 Å². The van der Waals surface area contributed by atoms with Crippen LogP contribution in [0.3, 0.4) is 0 Å². The number of nitrogens with zero attached hydrogens (tertiary/aromatic N) is 3. The number of fused-ring (bicyclic) bond motifs is 1. The topological polar surface area (TPSA) is 94.8 Å². The van der Waals surface area contributed by atoms with E-state index in [1.807, 2.05) is 0 Å². The fourth-order valence-electron chi connectivity index (χ4n) is 2.67. The minimum atomic E-state index is -3.70. The first-order chi connectivity index (χ1) is 13.5. The van der Waals surface area contributed by atoms with E-state index in [1.54, 1.807) is 65.7 Å². The van der Waals surface area contributed by atoms with Crippen LogP contribution in [0.15, 0.2) is 58.3 Å². The van der Waals surface area contributed by atoms with E-state index in [2.05, 4.69) is 14.8 Å². The quantitative estimate of drug-likeness (QED) is 0.518. The molecule has 0 aliphatic rings. The molecule has 0 bridgehead atoms. The summed E-state index contributed by atoms with van der Waals surface area (Å²) < 4.78 is 40.0. The number of thiophene rings is 1. The molecule has 4 rings (SSSR count). The molecule has 0 spiro atoms. The van der Waals surface area contributed by atoms with Gasteiger partial charge in [-0.15, -0.1) is 16.4 Å². The van der Waals surface area contributed by atoms with E-state index in [0.29, 0.717) is 34.2 Å². The van der Waals surface area contributed by atoms with Crippen molar-refractivity contribution in [1.29, 1.82) is 0 Å². The number of nitrogens with one attached hydrogen (secondary N) is 1. The van der Waals surface area contributed by atoms with Crippen molar-refractivity contribution in [3.05, 3.63) is 54.0 Å². The van der Waals surface area contributed by atoms with Gasteiger partial charge in [-0.05, 0) is 35.7 Å². The zero-order valence-electron chi connectivity index (χ0n) is 15.0. The van der Waals surface area contributed by atoms with Gasteiger partial charge >= 0.3 is 0 Å². The highest BCUT2D eigenvalue weighted by molar-refractivity contribution is 7.94. The SMILES string of the molecule is COc1ccc2nc(-c3ccc(OC)c(NS(=O)(=O)c4cccs4)c3)cn2n1. The van der Waals surface area contributed by atoms with Crippen molar-refractivity contribution in [3.8, 4) is 22.9 Å². The molecule has 144 valence electrons. The van der Waals surface area contributed by atoms with E-state index >= 15 is 0 Å². The lowest BCUT2D eigenvalue weighted by molar-refractivity contribution is 0.390. The minimum Gasteiger partial charge on any atom is -0.495 e. The average Bonchev–Trinajstić information content (AvgIpc) is 3.37. The fourth-order valence-corrected chi connectivity index (χ4v) is 4.73. The van der Waals surface area contributed by atoms with Gasteiger partial charge in [0.2, 0.25) is 5.88 Å². The number of methoxy groups -OCH3 is 2. The molecule has 10 heteroatoms. The molecule has 0 unspecified atom stereocenters. The number of aromatic nitrogens is 3. The lowest BCUT2D eigenvalue weighted by Gasteiger charge is -2.12. The highest BCUT2D eigenvalue weighted by Gasteiger charge is 2.18. The molecular weight excluding hydrogens is 400 g/mol. The fraction of sp³-hybridized carbons (Fsp3) is 0.111. The maximum atomic E-state index is 12.6. The molecule has 0 fully saturated rings. The van der Waals surface area contributed by atoms with Crippen molar-refractivity contribution < 1.29 is 17.9 Å². The molecule has 1 N–H and O–H groups in total. The second-order valence-electron chi connectivity index (χ2n) is 5.76. The molecule has 0 atom stereocenters. The van der Waals surface area contributed by atoms with Crippen LogP contribution in [0, 0.1) is 0 Å². The standard InChI is InChI=1S/C18H16N4O4S2/c1-25-15-6-5-12(10-13(15)21-28(23,24)18-4-3-9-27-18)14-11-22-16(19-14)7-8-17(20-22)26-2/h3-11,21H,1-2H3. The van der Waals surface area contributed by atoms with E-state index in [4.69, 9.17) is 9.47 Å². The molecule has 3 aromatic heterocycles. The molecule has 4 aromatic rings. The van der Waals surface area contributed by atoms with Gasteiger partial charge < -0.3 is 9.47 Å². The first kappa shape index (κ1) is 18.3. The molecule has 0 saturated heterocycles. The zero-order valence-corrected chi connectivity index (χ0v) is 16.6. The van der Waals surface area contributed by atoms with Gasteiger partial charge in [0.05, 0.1) is 31.8 Å². The number of hydrogen-bond acceptors (Lipinski definition) is 7. The molecule has 0 saturated carbocycles. The Balaban J connectivity index is 1.74. The van der Waals surface area contributed by atoms with Crippen molar-refractivity contribution >= 4 is 32.7 Å². The first-order valence-electron chi connectivity index (χ1n) is 8.15. The predicted molar refractivity (Wildman–Crippen MR) is 107 cm³/mol. The van der Waals surface area contributed by atoms with Gasteiger partial charge in [-0.3, -0.25) is 4.72 Å². The molecule has 8 nitrogen and oxygen atoms in total. The van der Waals surface area contributed by atoms with E-state index in [0.717, 1.165) is 11.3 Å². The smallest absolute Gasteiger partial charge is 0.271 e. The van der Waals surface area contributed by atoms with Crippen molar-refractivity contribution in [3.63, 3.8) is 0 Å². The molecule has 0 aliphatic heterocycles. The van der Waals surface area contributed by atoms with Gasteiger partial charge in [-0.2, -0.15) is 0 Å². The second-order valence-corrected chi connectivity index (χ2v) is 8.61. The number of sulfonamides is 1. The van der Waals surface area contributed by atoms with Crippen LogP contribution >= 0.6 is 11.3 Å². The Bertz CT molecular complexity index is 1230. The van der Waals surface area contributed by atoms with Crippen LogP contribution in [0.2, 0.25) is 0 Å². The molecule has 0 aliphatic carbocycles. The number of rotatable bonds is 6. The summed E-state index contributed by atoms with van der Waals surface area (Å²) >= 11 is 1.14. The average molecular weight is 416 g/mol. The van der Waals surface area contributed by atoms with Crippen LogP contribution in [0.5, 0.6) is 11.6 Å². The van der Waals surface area contributed by atoms with Gasteiger partial charge in [0.15, 0.2) is 5.65 Å². The summed E-state index contributed by atoms with van der Waals surface area (Å²) in [5.74, 6) is 0.878. The Kier molecular flexibility index (Phi) is 4.65. The third-order valence-corrected chi connectivity index (χ3v) is 6.77. The lowest BCUT2D eigenvalue weighted by atomic mass is 10.1. The molecule has 0 radical (unpaired) electrons. The summed E-state index contributed by atoms with van der Waals surface area (Å²) in [5.41, 5.74) is 2.33. The number of hydrogen-bond donors (Lipinski definition) is 1. The van der Waals surface area contributed by atoms with Crippen molar-refractivity contribution in [2.75, 3.05) is 18.9 Å². The second kappa shape index (κ2) is 7.13. The molecule has 28 heavy (non-hydrogen) atoms. The summed E-state index contributed by atoms with van der Waals surface area (Å²) in [6, 6.07) is 11.9. The van der Waals surface area contributed by atoms with Crippen LogP contribution in [-0.4, -0.2) is 37.2 Å². The van der Waals surface area contributed by atoms with E-state index in [9.17, 15) is 8.42 Å². The Morgan fingerprint density at radius 3 is 2.68 bits per heavy atom. The van der Waals surface area contributed by atoms with E-state index < -0.39 is 10.0 Å². The Morgan fingerprint density at radius 2 is 1.96 bits per heavy atom. The first-order valence-corrected chi connectivity index (χ1v) is 10.5. The monoisotopic (exact) mass is 416 g/mol. The third kappa shape index (κ3) is 3.39. The van der Waals surface area contributed by atoms with Crippen LogP contribution < -0.4 is 14.2 Å². The van der Waals surface area contributed by atoms with Crippen LogP contribution in [0.4, 0.5) is 5.69 Å². The summed E-state index contributed by atoms with van der Waals surface area (Å²) in [6.07, 6.45) is 1.75. The Hall–Kier alpha value is -3.11. The lowest BCUT2D eigenvalue weighted by Crippen LogP contribution is -2.12. The number of ether oxygens (including phenoxy) is 2. The number of benzene rings is 1. The largest absolute Gasteiger partial charge is 0.495 e. The van der Waals surface area contributed by atoms with Gasteiger partial charge in [0.25, 0.3) is 10.0 Å². The normalized spacial score (nSPS) is 11.5. The van der Waals surface area contributed by atoms with E-state index in [1.165, 1.54) is 7.11 Å². The highest BCUT2D eigenvalue weighted by atomic mass is 32.2. The van der Waals surface area contributed by atoms with Gasteiger partial charge in [-0.25, -0.2) is 17.9 Å². The van der Waals surface area contributed by atoms with Crippen LogP contribution in [0.25, 0.3) is 16.9 Å². The van der Waals surface area contributed by atoms with Crippen molar-refractivity contribution in [2.24, 2.45) is 0 Å². The van der Waals surface area contributed by atoms with Gasteiger partial charge in [0.1, 0.15) is 9.96 Å². The van der Waals surface area contributed by atoms with Gasteiger partial charge in [-0.1, -0.05) is 6.07 Å². The zero-order chi connectivity index (χ0) is 19.7. The summed E-state index contributed by atoms with van der Waals surface area (Å²) in [6.45, 7) is 0. The molecule has 0 amide bonds. The highest BCUT2D eigenvalue weighted by Crippen LogP contribution is 2.32. The summed E-state index contributed by atoms with van der Waals surface area (Å²) in [7, 11) is -0.673. The van der Waals surface area contributed by atoms with E-state index in [-0.39, 0.29) is 4.21 Å². The number of anilines is 1. The maximum Gasteiger partial charge on any atom is 0.271 e. The van der Waals surface area contributed by atoms with Gasteiger partial charge in [0, 0.05) is 11.6 Å². The summed E-state index contributed by atoms with van der Waals surface area (Å²) in [5, 5.41) is 5.99. The molecular formula is C18H16N4O4S2. The van der Waals surface area contributed by atoms with Crippen molar-refractivity contribution in [2.45, 2.75) is 4.21 Å². The Morgan fingerprint density at radius 1 is 1.11 bits per heavy atom. The summed E-state index contributed by atoms with van der Waals surface area (Å²) in [4.78, 5) is 4.53. The maximum absolute atomic E-state index is 12.6. The van der Waals surface area contributed by atoms with Crippen LogP contribution in [-0.2, 0) is 10.0 Å². The van der Waals surface area contributed by atoms with Crippen molar-refractivity contribution in [1.82, 2.24) is 14.6 Å². The molecule has 3 heterocycles. The minimum absolute atomic E-state index is 0.226. The Labute approximate surface area is 165 Å². The molecule has 1 aromatic carbocycles. The predicted octanol–water partition coefficient (Wildman–Crippen LogP) is 3.28. The number of imidazole rings is 1.